The Balaban J connectivity index is 2.25. The maximum Gasteiger partial charge on any atom is 0.350 e. The van der Waals surface area contributed by atoms with E-state index in [4.69, 9.17) is 9.47 Å². The molecule has 1 saturated heterocycles. The number of esters is 2. The van der Waals surface area contributed by atoms with Crippen molar-refractivity contribution < 1.29 is 23.9 Å². The molecule has 0 spiro atoms. The van der Waals surface area contributed by atoms with Crippen LogP contribution < -0.4 is 5.32 Å². The first-order chi connectivity index (χ1) is 10.2. The molecule has 1 aliphatic heterocycles. The van der Waals surface area contributed by atoms with Crippen molar-refractivity contribution >= 4 is 39.3 Å². The molecule has 116 valence electrons. The fraction of sp³-hybridized carbons (Fsp3) is 0.267. The first kappa shape index (κ1) is 16.2. The summed E-state index contributed by atoms with van der Waals surface area (Å²) in [5.74, 6) is -2.91. The number of Topliss-reactive ketones (excluding diaryl/α,β-unsaturated/α-hetero) is 1. The minimum atomic E-state index is -1.28. The minimum Gasteiger partial charge on any atom is -0.419 e. The number of hydrogen-bond donors (Lipinski definition) is 1. The summed E-state index contributed by atoms with van der Waals surface area (Å²) in [5.41, 5.74) is 0.782. The molecule has 1 aliphatic rings. The van der Waals surface area contributed by atoms with E-state index in [1.54, 1.807) is 18.2 Å². The first-order valence-corrected chi connectivity index (χ1v) is 7.23. The number of nitrogens with one attached hydrogen (secondary N) is 1. The average Bonchev–Trinajstić information content (AvgIpc) is 2.38. The zero-order chi connectivity index (χ0) is 16.5. The number of carbonyl (C=O) groups excluding carboxylic acids is 3. The van der Waals surface area contributed by atoms with E-state index >= 15 is 0 Å². The highest BCUT2D eigenvalue weighted by Crippen LogP contribution is 2.26. The molecule has 2 rings (SSSR count). The summed E-state index contributed by atoms with van der Waals surface area (Å²) in [4.78, 5) is 35.0. The van der Waals surface area contributed by atoms with Crippen molar-refractivity contribution in [2.45, 2.75) is 26.6 Å². The molecular formula is C15H14BrNO5. The molecule has 0 aliphatic carbocycles. The van der Waals surface area contributed by atoms with Gasteiger partial charge in [0.1, 0.15) is 0 Å². The molecule has 0 saturated carbocycles. The van der Waals surface area contributed by atoms with Gasteiger partial charge in [0.05, 0.1) is 5.69 Å². The standard InChI is InChI=1S/C15H14BrNO5/c1-8(18)9-4-5-11(16)12(6-9)17-7-10-13(19)21-15(2,3)22-14(10)20/h4-7,17H,1-3H3. The van der Waals surface area contributed by atoms with Gasteiger partial charge >= 0.3 is 11.9 Å². The SMILES string of the molecule is CC(=O)c1ccc(Br)c(NC=C2C(=O)OC(C)(C)OC2=O)c1. The Bertz CT molecular complexity index is 671. The molecule has 1 aromatic rings. The number of ether oxygens (including phenoxy) is 2. The molecular weight excluding hydrogens is 354 g/mol. The summed E-state index contributed by atoms with van der Waals surface area (Å²) in [7, 11) is 0. The van der Waals surface area contributed by atoms with Crippen LogP contribution in [0, 0.1) is 0 Å². The molecule has 0 atom stereocenters. The van der Waals surface area contributed by atoms with Crippen LogP contribution in [0.15, 0.2) is 34.4 Å². The molecule has 1 fully saturated rings. The third kappa shape index (κ3) is 3.54. The van der Waals surface area contributed by atoms with Gasteiger partial charge in [0.25, 0.3) is 5.79 Å². The van der Waals surface area contributed by atoms with E-state index in [1.165, 1.54) is 27.0 Å². The van der Waals surface area contributed by atoms with Gasteiger partial charge in [-0.25, -0.2) is 9.59 Å². The zero-order valence-electron chi connectivity index (χ0n) is 12.2. The highest BCUT2D eigenvalue weighted by Gasteiger charge is 2.38. The molecule has 1 heterocycles. The van der Waals surface area contributed by atoms with E-state index in [1.807, 2.05) is 0 Å². The molecule has 7 heteroatoms. The van der Waals surface area contributed by atoms with Gasteiger partial charge < -0.3 is 14.8 Å². The van der Waals surface area contributed by atoms with E-state index in [0.29, 0.717) is 15.7 Å². The van der Waals surface area contributed by atoms with Crippen molar-refractivity contribution in [3.05, 3.63) is 40.0 Å². The van der Waals surface area contributed by atoms with Gasteiger partial charge in [-0.3, -0.25) is 4.79 Å². The van der Waals surface area contributed by atoms with Crippen LogP contribution in [0.4, 0.5) is 5.69 Å². The second-order valence-electron chi connectivity index (χ2n) is 5.13. The van der Waals surface area contributed by atoms with E-state index in [9.17, 15) is 14.4 Å². The number of carbonyl (C=O) groups is 3. The van der Waals surface area contributed by atoms with Crippen LogP contribution in [-0.4, -0.2) is 23.5 Å². The number of hydrogen-bond acceptors (Lipinski definition) is 6. The second kappa shape index (κ2) is 5.92. The van der Waals surface area contributed by atoms with Crippen LogP contribution in [0.3, 0.4) is 0 Å². The Labute approximate surface area is 135 Å². The molecule has 0 unspecified atom stereocenters. The predicted octanol–water partition coefficient (Wildman–Crippen LogP) is 2.78. The van der Waals surface area contributed by atoms with Gasteiger partial charge in [-0.2, -0.15) is 0 Å². The third-order valence-electron chi connectivity index (χ3n) is 2.86. The summed E-state index contributed by atoms with van der Waals surface area (Å²) >= 11 is 3.32. The fourth-order valence-electron chi connectivity index (χ4n) is 1.78. The summed E-state index contributed by atoms with van der Waals surface area (Å²) in [5, 5.41) is 2.80. The molecule has 0 bridgehead atoms. The minimum absolute atomic E-state index is 0.0959. The van der Waals surface area contributed by atoms with Gasteiger partial charge in [0, 0.05) is 30.1 Å². The van der Waals surface area contributed by atoms with Crippen molar-refractivity contribution in [2.75, 3.05) is 5.32 Å². The summed E-state index contributed by atoms with van der Waals surface area (Å²) in [6.45, 7) is 4.39. The molecule has 6 nitrogen and oxygen atoms in total. The molecule has 1 aromatic carbocycles. The highest BCUT2D eigenvalue weighted by molar-refractivity contribution is 9.10. The lowest BCUT2D eigenvalue weighted by Crippen LogP contribution is -2.42. The smallest absolute Gasteiger partial charge is 0.350 e. The van der Waals surface area contributed by atoms with E-state index in [2.05, 4.69) is 21.2 Å². The second-order valence-corrected chi connectivity index (χ2v) is 5.99. The quantitative estimate of drug-likeness (QED) is 0.382. The molecule has 1 N–H and O–H groups in total. The molecule has 0 aromatic heterocycles. The Kier molecular flexibility index (Phi) is 4.37. The van der Waals surface area contributed by atoms with E-state index in [-0.39, 0.29) is 11.4 Å². The van der Waals surface area contributed by atoms with Gasteiger partial charge in [-0.15, -0.1) is 0 Å². The maximum atomic E-state index is 11.8. The van der Waals surface area contributed by atoms with Crippen LogP contribution >= 0.6 is 15.9 Å². The van der Waals surface area contributed by atoms with Gasteiger partial charge in [-0.05, 0) is 35.0 Å². The van der Waals surface area contributed by atoms with Crippen LogP contribution in [0.2, 0.25) is 0 Å². The van der Waals surface area contributed by atoms with Crippen molar-refractivity contribution in [1.82, 2.24) is 0 Å². The average molecular weight is 368 g/mol. The number of benzene rings is 1. The monoisotopic (exact) mass is 367 g/mol. The van der Waals surface area contributed by atoms with E-state index < -0.39 is 17.7 Å². The van der Waals surface area contributed by atoms with Crippen LogP contribution in [0.5, 0.6) is 0 Å². The Hall–Kier alpha value is -2.15. The number of rotatable bonds is 3. The molecule has 0 amide bonds. The van der Waals surface area contributed by atoms with Gasteiger partial charge in [0.15, 0.2) is 11.4 Å². The van der Waals surface area contributed by atoms with Gasteiger partial charge in [0.2, 0.25) is 0 Å². The van der Waals surface area contributed by atoms with E-state index in [0.717, 1.165) is 0 Å². The van der Waals surface area contributed by atoms with Gasteiger partial charge in [-0.1, -0.05) is 6.07 Å². The zero-order valence-corrected chi connectivity index (χ0v) is 13.8. The van der Waals surface area contributed by atoms with Crippen molar-refractivity contribution in [3.8, 4) is 0 Å². The van der Waals surface area contributed by atoms with Crippen LogP contribution in [0.25, 0.3) is 0 Å². The highest BCUT2D eigenvalue weighted by atomic mass is 79.9. The number of halogens is 1. The molecule has 0 radical (unpaired) electrons. The lowest BCUT2D eigenvalue weighted by molar-refractivity contribution is -0.222. The summed E-state index contributed by atoms with van der Waals surface area (Å²) in [6.07, 6.45) is 1.20. The summed E-state index contributed by atoms with van der Waals surface area (Å²) in [6, 6.07) is 4.96. The van der Waals surface area contributed by atoms with Crippen LogP contribution in [-0.2, 0) is 19.1 Å². The fourth-order valence-corrected chi connectivity index (χ4v) is 2.14. The maximum absolute atomic E-state index is 11.8. The number of anilines is 1. The topological polar surface area (TPSA) is 81.7 Å². The normalized spacial score (nSPS) is 16.6. The summed E-state index contributed by atoms with van der Waals surface area (Å²) < 4.78 is 10.6. The van der Waals surface area contributed by atoms with Crippen LogP contribution in [0.1, 0.15) is 31.1 Å². The number of ketones is 1. The Morgan fingerprint density at radius 2 is 1.82 bits per heavy atom. The third-order valence-corrected chi connectivity index (χ3v) is 3.55. The Morgan fingerprint density at radius 3 is 2.36 bits per heavy atom. The lowest BCUT2D eigenvalue weighted by Gasteiger charge is -2.29. The predicted molar refractivity (Wildman–Crippen MR) is 82.1 cm³/mol. The number of cyclic esters (lactones) is 2. The van der Waals surface area contributed by atoms with Crippen molar-refractivity contribution in [2.24, 2.45) is 0 Å². The van der Waals surface area contributed by atoms with Crippen molar-refractivity contribution in [3.63, 3.8) is 0 Å². The largest absolute Gasteiger partial charge is 0.419 e. The first-order valence-electron chi connectivity index (χ1n) is 6.43. The molecule has 22 heavy (non-hydrogen) atoms. The Morgan fingerprint density at radius 1 is 1.23 bits per heavy atom. The lowest BCUT2D eigenvalue weighted by atomic mass is 10.1. The van der Waals surface area contributed by atoms with Crippen molar-refractivity contribution in [1.29, 1.82) is 0 Å².